The van der Waals surface area contributed by atoms with Crippen LogP contribution in [0.3, 0.4) is 0 Å². The van der Waals surface area contributed by atoms with Crippen LogP contribution in [0.25, 0.3) is 0 Å². The molecule has 0 aliphatic carbocycles. The molecule has 3 aliphatic heterocycles. The fourth-order valence-corrected chi connectivity index (χ4v) is 24.2. The molecular weight excluding hydrogens is 365 g/mol. The van der Waals surface area contributed by atoms with Gasteiger partial charge in [0.05, 0.1) is 0 Å². The zero-order valence-corrected chi connectivity index (χ0v) is 16.6. The number of hydrogen-bond donors (Lipinski definition) is 0. The monoisotopic (exact) mass is 395 g/mol. The fraction of sp³-hybridized carbons (Fsp3) is 1.00. The number of hydrogen-bond acceptors (Lipinski definition) is 4. The van der Waals surface area contributed by atoms with Gasteiger partial charge in [-0.15, -0.1) is 0 Å². The molecule has 0 amide bonds. The van der Waals surface area contributed by atoms with Gasteiger partial charge in [-0.1, -0.05) is 0 Å². The minimum absolute atomic E-state index is 0.814. The molecule has 3 rings (SSSR count). The summed E-state index contributed by atoms with van der Waals surface area (Å²) in [5.41, 5.74) is 0. The van der Waals surface area contributed by atoms with Crippen LogP contribution in [0.1, 0.15) is 19.8 Å². The Balaban J connectivity index is 2.01. The van der Waals surface area contributed by atoms with Crippen molar-refractivity contribution in [1.29, 1.82) is 0 Å². The summed E-state index contributed by atoms with van der Waals surface area (Å²) in [5.74, 6) is 0. The zero-order valence-electron chi connectivity index (χ0n) is 12.7. The molecule has 0 radical (unpaired) electrons. The Morgan fingerprint density at radius 2 is 1.53 bits per heavy atom. The van der Waals surface area contributed by atoms with Gasteiger partial charge in [0.2, 0.25) is 0 Å². The fourth-order valence-electron chi connectivity index (χ4n) is 2.93. The molecule has 0 atom stereocenters. The van der Waals surface area contributed by atoms with E-state index in [-0.39, 0.29) is 0 Å². The van der Waals surface area contributed by atoms with Crippen molar-refractivity contribution in [3.8, 4) is 0 Å². The average molecular weight is 394 g/mol. The molecule has 0 aromatic carbocycles. The summed E-state index contributed by atoms with van der Waals surface area (Å²) in [6, 6.07) is 1.38. The second kappa shape index (κ2) is 7.22. The molecule has 0 aromatic heterocycles. The second-order valence-corrected chi connectivity index (χ2v) is 21.1. The molecule has 0 saturated carbocycles. The summed E-state index contributed by atoms with van der Waals surface area (Å²) in [4.78, 5) is 2.38. The van der Waals surface area contributed by atoms with Crippen molar-refractivity contribution in [2.24, 2.45) is 0 Å². The zero-order chi connectivity index (χ0) is 13.8. The van der Waals surface area contributed by atoms with Crippen molar-refractivity contribution in [3.63, 3.8) is 0 Å². The second-order valence-electron chi connectivity index (χ2n) is 6.51. The maximum absolute atomic E-state index is 6.22. The van der Waals surface area contributed by atoms with Gasteiger partial charge in [0.1, 0.15) is 0 Å². The Bertz CT molecular complexity index is 265. The molecule has 0 aromatic rings. The van der Waals surface area contributed by atoms with Crippen molar-refractivity contribution < 1.29 is 9.22 Å². The van der Waals surface area contributed by atoms with Crippen molar-refractivity contribution in [2.45, 2.75) is 43.0 Å². The van der Waals surface area contributed by atoms with Gasteiger partial charge < -0.3 is 0 Å². The standard InChI is InChI=1S/C7H17Si.C6H12NO3.Sn/c1-5-6-7-8(2,3)4;8-4-1-7(2-5-9)3-6-10;/h2,5-7H2,1,3-4H3;1-6H2;/q;-3;+3. The molecule has 3 heterocycles. The summed E-state index contributed by atoms with van der Waals surface area (Å²) in [5, 5.41) is 0. The molecule has 3 aliphatic rings. The van der Waals surface area contributed by atoms with E-state index in [0.717, 1.165) is 39.5 Å². The van der Waals surface area contributed by atoms with E-state index >= 15 is 0 Å². The Hall–Kier alpha value is 0.856. The Morgan fingerprint density at radius 1 is 1.00 bits per heavy atom. The number of rotatable bonds is 5. The van der Waals surface area contributed by atoms with Gasteiger partial charge in [0, 0.05) is 0 Å². The Labute approximate surface area is 124 Å². The van der Waals surface area contributed by atoms with Gasteiger partial charge in [0.15, 0.2) is 0 Å². The first-order valence-electron chi connectivity index (χ1n) is 7.69. The van der Waals surface area contributed by atoms with Gasteiger partial charge in [-0.05, 0) is 0 Å². The van der Waals surface area contributed by atoms with Crippen LogP contribution < -0.4 is 0 Å². The summed E-state index contributed by atoms with van der Waals surface area (Å²) < 4.78 is 19.8. The van der Waals surface area contributed by atoms with E-state index in [1.54, 1.807) is 0 Å². The number of unbranched alkanes of at least 4 members (excludes halogenated alkanes) is 1. The van der Waals surface area contributed by atoms with Crippen LogP contribution in [0, 0.1) is 0 Å². The molecule has 19 heavy (non-hydrogen) atoms. The number of nitrogens with zero attached hydrogens (tertiary/aromatic N) is 1. The third kappa shape index (κ3) is 4.96. The number of fused-ring (bicyclic) bond motifs is 6. The summed E-state index contributed by atoms with van der Waals surface area (Å²) in [6.07, 6.45) is 2.63. The van der Waals surface area contributed by atoms with Crippen LogP contribution in [0.5, 0.6) is 0 Å². The van der Waals surface area contributed by atoms with E-state index in [4.69, 9.17) is 9.22 Å². The van der Waals surface area contributed by atoms with Crippen molar-refractivity contribution in [2.75, 3.05) is 39.5 Å². The van der Waals surface area contributed by atoms with Crippen LogP contribution in [-0.2, 0) is 9.22 Å². The van der Waals surface area contributed by atoms with E-state index in [1.165, 1.54) is 22.9 Å². The molecule has 4 nitrogen and oxygen atoms in total. The predicted molar refractivity (Wildman–Crippen MR) is 82.1 cm³/mol. The molecule has 6 heteroatoms. The third-order valence-electron chi connectivity index (χ3n) is 4.09. The summed E-state index contributed by atoms with van der Waals surface area (Å²) in [6.45, 7) is 12.8. The van der Waals surface area contributed by atoms with Gasteiger partial charge in [-0.2, -0.15) is 0 Å². The Morgan fingerprint density at radius 3 is 2.00 bits per heavy atom. The van der Waals surface area contributed by atoms with Crippen molar-refractivity contribution in [3.05, 3.63) is 0 Å². The first kappa shape index (κ1) is 16.2. The molecule has 3 fully saturated rings. The van der Waals surface area contributed by atoms with E-state index in [0.29, 0.717) is 0 Å². The first-order chi connectivity index (χ1) is 9.05. The molecule has 2 bridgehead atoms. The van der Waals surface area contributed by atoms with Crippen LogP contribution in [-0.4, -0.2) is 72.0 Å². The minimum atomic E-state index is -3.22. The van der Waals surface area contributed by atoms with E-state index in [2.05, 4.69) is 24.9 Å². The predicted octanol–water partition coefficient (Wildman–Crippen LogP) is 2.35. The van der Waals surface area contributed by atoms with Gasteiger partial charge in [-0.3, -0.25) is 0 Å². The van der Waals surface area contributed by atoms with Crippen LogP contribution >= 0.6 is 0 Å². The van der Waals surface area contributed by atoms with Crippen molar-refractivity contribution >= 4 is 27.7 Å². The molecular formula is C13H29NO3SiSn. The SMILES string of the molecule is CCCC[Si](C)(C)[CH2][Sn]12[O]CCN(CC[O]1)CC[O]2. The van der Waals surface area contributed by atoms with Crippen LogP contribution in [0.2, 0.25) is 23.2 Å². The van der Waals surface area contributed by atoms with Crippen molar-refractivity contribution in [1.82, 2.24) is 4.90 Å². The van der Waals surface area contributed by atoms with Crippen LogP contribution in [0.15, 0.2) is 0 Å². The average Bonchev–Trinajstić information content (AvgIpc) is 2.28. The van der Waals surface area contributed by atoms with Gasteiger partial charge in [-0.25, -0.2) is 0 Å². The Kier molecular flexibility index (Phi) is 6.17. The van der Waals surface area contributed by atoms with Gasteiger partial charge >= 0.3 is 124 Å². The normalized spacial score (nSPS) is 32.7. The van der Waals surface area contributed by atoms with E-state index in [9.17, 15) is 0 Å². The first-order valence-corrected chi connectivity index (χ1v) is 16.6. The van der Waals surface area contributed by atoms with Crippen LogP contribution in [0.4, 0.5) is 0 Å². The topological polar surface area (TPSA) is 30.9 Å². The maximum atomic E-state index is 6.22. The molecule has 3 saturated heterocycles. The van der Waals surface area contributed by atoms with Gasteiger partial charge in [0.25, 0.3) is 0 Å². The van der Waals surface area contributed by atoms with E-state index < -0.39 is 27.7 Å². The molecule has 112 valence electrons. The molecule has 0 spiro atoms. The molecule has 0 unspecified atom stereocenters. The van der Waals surface area contributed by atoms with E-state index in [1.807, 2.05) is 0 Å². The molecule has 0 N–H and O–H groups in total. The summed E-state index contributed by atoms with van der Waals surface area (Å²) in [7, 11) is -1.24. The third-order valence-corrected chi connectivity index (χ3v) is 24.6. The quantitative estimate of drug-likeness (QED) is 0.671. The summed E-state index contributed by atoms with van der Waals surface area (Å²) >= 11 is -3.22.